The topological polar surface area (TPSA) is 57.7 Å². The van der Waals surface area contributed by atoms with Crippen molar-refractivity contribution in [2.75, 3.05) is 26.2 Å². The molecule has 134 valence electrons. The Morgan fingerprint density at radius 2 is 1.84 bits per heavy atom. The van der Waals surface area contributed by atoms with Gasteiger partial charge in [0.05, 0.1) is 6.54 Å². The molecule has 2 aliphatic heterocycles. The van der Waals surface area contributed by atoms with Gasteiger partial charge in [-0.25, -0.2) is 0 Å². The van der Waals surface area contributed by atoms with E-state index in [2.05, 4.69) is 0 Å². The summed E-state index contributed by atoms with van der Waals surface area (Å²) in [6, 6.07) is 6.89. The number of hydrogen-bond acceptors (Lipinski definition) is 3. The van der Waals surface area contributed by atoms with Crippen LogP contribution in [0.25, 0.3) is 0 Å². The summed E-state index contributed by atoms with van der Waals surface area (Å²) in [5.74, 6) is -0.117. The molecule has 1 aromatic rings. The highest BCUT2D eigenvalue weighted by molar-refractivity contribution is 6.30. The van der Waals surface area contributed by atoms with Crippen molar-refractivity contribution in [2.24, 2.45) is 5.92 Å². The van der Waals surface area contributed by atoms with Crippen molar-refractivity contribution < 1.29 is 14.4 Å². The highest BCUT2D eigenvalue weighted by atomic mass is 35.5. The number of benzene rings is 1. The van der Waals surface area contributed by atoms with Gasteiger partial charge in [-0.3, -0.25) is 14.4 Å². The number of hydrogen-bond donors (Lipinski definition) is 0. The van der Waals surface area contributed by atoms with E-state index in [4.69, 9.17) is 11.6 Å². The summed E-state index contributed by atoms with van der Waals surface area (Å²) in [6.45, 7) is 1.89. The average Bonchev–Trinajstić information content (AvgIpc) is 2.64. The molecule has 2 amide bonds. The van der Waals surface area contributed by atoms with Crippen LogP contribution in [-0.2, 0) is 9.59 Å². The predicted octanol–water partition coefficient (Wildman–Crippen LogP) is 2.77. The Bertz CT molecular complexity index is 659. The Morgan fingerprint density at radius 3 is 2.56 bits per heavy atom. The Labute approximate surface area is 152 Å². The lowest BCUT2D eigenvalue weighted by Gasteiger charge is -2.34. The Balaban J connectivity index is 1.60. The third kappa shape index (κ3) is 4.40. The summed E-state index contributed by atoms with van der Waals surface area (Å²) < 4.78 is 0. The maximum absolute atomic E-state index is 12.7. The smallest absolute Gasteiger partial charge is 0.242 e. The molecule has 6 heteroatoms. The molecule has 0 aliphatic carbocycles. The van der Waals surface area contributed by atoms with Crippen LogP contribution in [0, 0.1) is 5.92 Å². The first-order valence-corrected chi connectivity index (χ1v) is 9.28. The van der Waals surface area contributed by atoms with Crippen molar-refractivity contribution in [3.63, 3.8) is 0 Å². The second-order valence-corrected chi connectivity index (χ2v) is 7.26. The fourth-order valence-electron chi connectivity index (χ4n) is 3.56. The van der Waals surface area contributed by atoms with Gasteiger partial charge in [0.25, 0.3) is 0 Å². The Morgan fingerprint density at radius 1 is 1.08 bits per heavy atom. The van der Waals surface area contributed by atoms with E-state index in [9.17, 15) is 14.4 Å². The molecule has 0 spiro atoms. The highest BCUT2D eigenvalue weighted by Crippen LogP contribution is 2.22. The maximum Gasteiger partial charge on any atom is 0.242 e. The number of rotatable bonds is 4. The molecule has 25 heavy (non-hydrogen) atoms. The maximum atomic E-state index is 12.7. The third-order valence-electron chi connectivity index (χ3n) is 5.02. The minimum atomic E-state index is -0.184. The second-order valence-electron chi connectivity index (χ2n) is 6.82. The van der Waals surface area contributed by atoms with Gasteiger partial charge >= 0.3 is 0 Å². The second kappa shape index (κ2) is 8.00. The summed E-state index contributed by atoms with van der Waals surface area (Å²) in [7, 11) is 0. The van der Waals surface area contributed by atoms with E-state index in [0.717, 1.165) is 25.7 Å². The van der Waals surface area contributed by atoms with Gasteiger partial charge in [-0.1, -0.05) is 11.6 Å². The summed E-state index contributed by atoms with van der Waals surface area (Å²) in [6.07, 6.45) is 3.99. The summed E-state index contributed by atoms with van der Waals surface area (Å²) in [5.41, 5.74) is 0.634. The molecule has 3 rings (SSSR count). The first-order chi connectivity index (χ1) is 12.0. The number of Topliss-reactive ketones (excluding diaryl/α,β-unsaturated/α-hetero) is 1. The van der Waals surface area contributed by atoms with Crippen LogP contribution in [0.4, 0.5) is 0 Å². The molecule has 0 aromatic heterocycles. The van der Waals surface area contributed by atoms with Crippen molar-refractivity contribution in [2.45, 2.75) is 32.1 Å². The fourth-order valence-corrected chi connectivity index (χ4v) is 3.69. The number of piperidine rings is 2. The van der Waals surface area contributed by atoms with Crippen LogP contribution < -0.4 is 0 Å². The largest absolute Gasteiger partial charge is 0.340 e. The Kier molecular flexibility index (Phi) is 5.74. The van der Waals surface area contributed by atoms with E-state index in [1.54, 1.807) is 34.1 Å². The number of ketones is 1. The van der Waals surface area contributed by atoms with Crippen molar-refractivity contribution in [1.29, 1.82) is 0 Å². The molecule has 0 saturated carbocycles. The van der Waals surface area contributed by atoms with Crippen LogP contribution >= 0.6 is 11.6 Å². The zero-order valence-corrected chi connectivity index (χ0v) is 15.0. The molecule has 2 saturated heterocycles. The van der Waals surface area contributed by atoms with Crippen LogP contribution in [0.2, 0.25) is 5.02 Å². The van der Waals surface area contributed by atoms with Crippen LogP contribution in [0.3, 0.4) is 0 Å². The zero-order valence-electron chi connectivity index (χ0n) is 14.2. The lowest BCUT2D eigenvalue weighted by atomic mass is 9.90. The first kappa shape index (κ1) is 17.9. The summed E-state index contributed by atoms with van der Waals surface area (Å²) in [4.78, 5) is 40.5. The standard InChI is InChI=1S/C19H23ClN2O3/c20-16-8-6-14(7-9-16)19(25)15-4-3-11-21(12-15)18(24)13-22-10-2-1-5-17(22)23/h6-9,15H,1-5,10-13H2. The minimum Gasteiger partial charge on any atom is -0.340 e. The van der Waals surface area contributed by atoms with Crippen LogP contribution in [0.5, 0.6) is 0 Å². The van der Waals surface area contributed by atoms with Gasteiger partial charge in [0, 0.05) is 42.6 Å². The van der Waals surface area contributed by atoms with E-state index in [-0.39, 0.29) is 30.1 Å². The molecule has 2 heterocycles. The number of nitrogens with zero attached hydrogens (tertiary/aromatic N) is 2. The lowest BCUT2D eigenvalue weighted by molar-refractivity contribution is -0.142. The predicted molar refractivity (Wildman–Crippen MR) is 95.5 cm³/mol. The van der Waals surface area contributed by atoms with E-state index < -0.39 is 0 Å². The molecule has 2 aliphatic rings. The fraction of sp³-hybridized carbons (Fsp3) is 0.526. The van der Waals surface area contributed by atoms with E-state index >= 15 is 0 Å². The molecule has 5 nitrogen and oxygen atoms in total. The quantitative estimate of drug-likeness (QED) is 0.774. The lowest BCUT2D eigenvalue weighted by Crippen LogP contribution is -2.48. The SMILES string of the molecule is O=C(c1ccc(Cl)cc1)C1CCCN(C(=O)CN2CCCCC2=O)C1. The van der Waals surface area contributed by atoms with Gasteiger partial charge in [0.1, 0.15) is 0 Å². The van der Waals surface area contributed by atoms with Crippen molar-refractivity contribution >= 4 is 29.2 Å². The van der Waals surface area contributed by atoms with E-state index in [1.807, 2.05) is 0 Å². The number of amides is 2. The van der Waals surface area contributed by atoms with E-state index in [0.29, 0.717) is 36.6 Å². The van der Waals surface area contributed by atoms with Crippen molar-refractivity contribution in [3.8, 4) is 0 Å². The van der Waals surface area contributed by atoms with Crippen molar-refractivity contribution in [3.05, 3.63) is 34.9 Å². The van der Waals surface area contributed by atoms with Crippen LogP contribution in [-0.4, -0.2) is 53.6 Å². The van der Waals surface area contributed by atoms with E-state index in [1.165, 1.54) is 0 Å². The molecule has 2 fully saturated rings. The normalized spacial score (nSPS) is 21.3. The van der Waals surface area contributed by atoms with Crippen molar-refractivity contribution in [1.82, 2.24) is 9.80 Å². The number of likely N-dealkylation sites (tertiary alicyclic amines) is 2. The van der Waals surface area contributed by atoms with Gasteiger partial charge in [0.15, 0.2) is 5.78 Å². The minimum absolute atomic E-state index is 0.0520. The number of carbonyl (C=O) groups is 3. The van der Waals surface area contributed by atoms with Gasteiger partial charge in [-0.15, -0.1) is 0 Å². The molecule has 1 aromatic carbocycles. The molecule has 1 atom stereocenters. The van der Waals surface area contributed by atoms with Crippen LogP contribution in [0.15, 0.2) is 24.3 Å². The molecular formula is C19H23ClN2O3. The third-order valence-corrected chi connectivity index (χ3v) is 5.27. The zero-order chi connectivity index (χ0) is 17.8. The monoisotopic (exact) mass is 362 g/mol. The summed E-state index contributed by atoms with van der Waals surface area (Å²) in [5, 5.41) is 0.600. The molecule has 0 bridgehead atoms. The molecule has 1 unspecified atom stereocenters. The first-order valence-electron chi connectivity index (χ1n) is 8.90. The van der Waals surface area contributed by atoms with Gasteiger partial charge in [-0.2, -0.15) is 0 Å². The number of halogens is 1. The Hall–Kier alpha value is -1.88. The van der Waals surface area contributed by atoms with Gasteiger partial charge in [-0.05, 0) is 49.9 Å². The van der Waals surface area contributed by atoms with Gasteiger partial charge < -0.3 is 9.80 Å². The summed E-state index contributed by atoms with van der Waals surface area (Å²) >= 11 is 5.87. The number of carbonyl (C=O) groups excluding carboxylic acids is 3. The molecule has 0 radical (unpaired) electrons. The molecule has 0 N–H and O–H groups in total. The average molecular weight is 363 g/mol. The molecular weight excluding hydrogens is 340 g/mol. The highest BCUT2D eigenvalue weighted by Gasteiger charge is 2.30. The van der Waals surface area contributed by atoms with Crippen LogP contribution in [0.1, 0.15) is 42.5 Å². The van der Waals surface area contributed by atoms with Gasteiger partial charge in [0.2, 0.25) is 11.8 Å².